The van der Waals surface area contributed by atoms with Crippen LogP contribution in [0.1, 0.15) is 56.4 Å². The lowest BCUT2D eigenvalue weighted by atomic mass is 10.0. The number of aromatic nitrogens is 5. The molecule has 10 nitrogen and oxygen atoms in total. The minimum Gasteiger partial charge on any atom is -0.497 e. The normalized spacial score (nSPS) is 12.7. The Balaban J connectivity index is 1.72. The summed E-state index contributed by atoms with van der Waals surface area (Å²) in [7, 11) is 1.64. The van der Waals surface area contributed by atoms with Crippen molar-refractivity contribution in [2.24, 2.45) is 0 Å². The van der Waals surface area contributed by atoms with E-state index in [0.717, 1.165) is 33.7 Å². The van der Waals surface area contributed by atoms with Crippen LogP contribution in [0.3, 0.4) is 0 Å². The molecule has 5 rings (SSSR count). The Morgan fingerprint density at radius 2 is 1.90 bits per heavy atom. The SMILES string of the molecule is CCOc1ccc2[nH]c(=O)c([C@H](c3nnnn3C(C)(C)C)N(Cc3cccc(OC)c3)Cc3ccco3)cc2c1. The molecule has 0 radical (unpaired) electrons. The van der Waals surface area contributed by atoms with Gasteiger partial charge in [0.2, 0.25) is 0 Å². The number of pyridine rings is 1. The Morgan fingerprint density at radius 3 is 2.62 bits per heavy atom. The molecule has 0 saturated heterocycles. The first-order valence-electron chi connectivity index (χ1n) is 13.2. The maximum Gasteiger partial charge on any atom is 0.253 e. The average Bonchev–Trinajstić information content (AvgIpc) is 3.62. The van der Waals surface area contributed by atoms with E-state index < -0.39 is 11.6 Å². The van der Waals surface area contributed by atoms with Crippen LogP contribution in [0.15, 0.2) is 76.1 Å². The number of benzene rings is 2. The lowest BCUT2D eigenvalue weighted by Gasteiger charge is -2.32. The number of methoxy groups -OCH3 is 1. The molecule has 2 aromatic carbocycles. The molecule has 10 heteroatoms. The number of ether oxygens (including phenoxy) is 2. The number of H-pyrrole nitrogens is 1. The highest BCUT2D eigenvalue weighted by Gasteiger charge is 2.34. The predicted molar refractivity (Wildman–Crippen MR) is 151 cm³/mol. The number of hydrogen-bond donors (Lipinski definition) is 1. The summed E-state index contributed by atoms with van der Waals surface area (Å²) in [5.41, 5.74) is 1.57. The van der Waals surface area contributed by atoms with E-state index in [-0.39, 0.29) is 5.56 Å². The van der Waals surface area contributed by atoms with Crippen molar-refractivity contribution >= 4 is 10.9 Å². The zero-order valence-corrected chi connectivity index (χ0v) is 23.4. The first-order valence-corrected chi connectivity index (χ1v) is 13.2. The second kappa shape index (κ2) is 11.4. The van der Waals surface area contributed by atoms with Gasteiger partial charge in [0.05, 0.1) is 32.1 Å². The van der Waals surface area contributed by atoms with Crippen LogP contribution in [0.4, 0.5) is 0 Å². The van der Waals surface area contributed by atoms with Crippen molar-refractivity contribution < 1.29 is 13.9 Å². The molecule has 3 heterocycles. The Labute approximate surface area is 232 Å². The van der Waals surface area contributed by atoms with Crippen LogP contribution in [-0.4, -0.2) is 43.8 Å². The number of fused-ring (bicyclic) bond motifs is 1. The molecule has 40 heavy (non-hydrogen) atoms. The third kappa shape index (κ3) is 5.76. The smallest absolute Gasteiger partial charge is 0.253 e. The van der Waals surface area contributed by atoms with Crippen molar-refractivity contribution in [3.05, 3.63) is 100.0 Å². The van der Waals surface area contributed by atoms with Crippen LogP contribution in [-0.2, 0) is 18.6 Å². The van der Waals surface area contributed by atoms with Crippen LogP contribution in [0.2, 0.25) is 0 Å². The van der Waals surface area contributed by atoms with E-state index in [4.69, 9.17) is 13.9 Å². The third-order valence-corrected chi connectivity index (χ3v) is 6.65. The van der Waals surface area contributed by atoms with Crippen molar-refractivity contribution in [3.8, 4) is 11.5 Å². The summed E-state index contributed by atoms with van der Waals surface area (Å²) in [6.45, 7) is 9.45. The minimum absolute atomic E-state index is 0.222. The second-order valence-electron chi connectivity index (χ2n) is 10.6. The predicted octanol–water partition coefficient (Wildman–Crippen LogP) is 5.06. The van der Waals surface area contributed by atoms with Crippen LogP contribution >= 0.6 is 0 Å². The molecule has 0 bridgehead atoms. The van der Waals surface area contributed by atoms with Gasteiger partial charge in [-0.05, 0) is 92.2 Å². The zero-order valence-electron chi connectivity index (χ0n) is 23.4. The highest BCUT2D eigenvalue weighted by atomic mass is 16.5. The summed E-state index contributed by atoms with van der Waals surface area (Å²) in [5, 5.41) is 13.7. The van der Waals surface area contributed by atoms with Gasteiger partial charge in [-0.3, -0.25) is 9.69 Å². The summed E-state index contributed by atoms with van der Waals surface area (Å²) >= 11 is 0. The number of hydrogen-bond acceptors (Lipinski definition) is 8. The van der Waals surface area contributed by atoms with Gasteiger partial charge < -0.3 is 18.9 Å². The van der Waals surface area contributed by atoms with E-state index >= 15 is 0 Å². The average molecular weight is 543 g/mol. The monoisotopic (exact) mass is 542 g/mol. The van der Waals surface area contributed by atoms with Crippen LogP contribution in [0.5, 0.6) is 11.5 Å². The lowest BCUT2D eigenvalue weighted by Crippen LogP contribution is -2.37. The molecule has 0 aliphatic heterocycles. The molecule has 0 aliphatic rings. The summed E-state index contributed by atoms with van der Waals surface area (Å²) in [6, 6.07) is 18.6. The van der Waals surface area contributed by atoms with E-state index in [0.29, 0.717) is 31.1 Å². The fourth-order valence-electron chi connectivity index (χ4n) is 4.85. The van der Waals surface area contributed by atoms with Gasteiger partial charge in [-0.25, -0.2) is 4.68 Å². The maximum absolute atomic E-state index is 13.8. The molecular formula is C30H34N6O4. The van der Waals surface area contributed by atoms with Gasteiger partial charge in [0.1, 0.15) is 23.3 Å². The van der Waals surface area contributed by atoms with E-state index in [1.807, 2.05) is 88.4 Å². The Kier molecular flexibility index (Phi) is 7.70. The van der Waals surface area contributed by atoms with E-state index in [1.165, 1.54) is 0 Å². The van der Waals surface area contributed by atoms with Gasteiger partial charge in [-0.2, -0.15) is 0 Å². The van der Waals surface area contributed by atoms with Crippen molar-refractivity contribution in [2.45, 2.75) is 52.4 Å². The summed E-state index contributed by atoms with van der Waals surface area (Å²) in [5.74, 6) is 2.78. The van der Waals surface area contributed by atoms with Crippen molar-refractivity contribution in [3.63, 3.8) is 0 Å². The van der Waals surface area contributed by atoms with Crippen LogP contribution in [0.25, 0.3) is 10.9 Å². The highest BCUT2D eigenvalue weighted by Crippen LogP contribution is 2.33. The van der Waals surface area contributed by atoms with Gasteiger partial charge in [-0.1, -0.05) is 12.1 Å². The van der Waals surface area contributed by atoms with E-state index in [1.54, 1.807) is 18.1 Å². The summed E-state index contributed by atoms with van der Waals surface area (Å²) in [6.07, 6.45) is 1.64. The Morgan fingerprint density at radius 1 is 1.05 bits per heavy atom. The van der Waals surface area contributed by atoms with E-state index in [2.05, 4.69) is 25.4 Å². The number of rotatable bonds is 10. The standard InChI is InChI=1S/C30H34N6O4/c1-6-39-23-12-13-26-21(16-23)17-25(29(37)31-26)27(28-32-33-34-36(28)30(2,3)4)35(19-24-11-8-14-40-24)18-20-9-7-10-22(15-20)38-5/h7-17,27H,6,18-19H2,1-5H3,(H,31,37)/t27-/m1/s1. The highest BCUT2D eigenvalue weighted by molar-refractivity contribution is 5.80. The number of aromatic amines is 1. The first kappa shape index (κ1) is 27.1. The lowest BCUT2D eigenvalue weighted by molar-refractivity contribution is 0.171. The fourth-order valence-corrected chi connectivity index (χ4v) is 4.85. The molecular weight excluding hydrogens is 508 g/mol. The molecule has 0 aliphatic carbocycles. The number of furan rings is 1. The van der Waals surface area contributed by atoms with Gasteiger partial charge in [0.15, 0.2) is 5.82 Å². The first-order chi connectivity index (χ1) is 19.3. The van der Waals surface area contributed by atoms with Crippen molar-refractivity contribution in [1.82, 2.24) is 30.1 Å². The molecule has 0 saturated carbocycles. The zero-order chi connectivity index (χ0) is 28.3. The van der Waals surface area contributed by atoms with Crippen LogP contribution in [0, 0.1) is 0 Å². The Hall–Kier alpha value is -4.44. The summed E-state index contributed by atoms with van der Waals surface area (Å²) < 4.78 is 18.8. The maximum atomic E-state index is 13.8. The molecule has 0 fully saturated rings. The number of tetrazole rings is 1. The molecule has 1 N–H and O–H groups in total. The third-order valence-electron chi connectivity index (χ3n) is 6.65. The van der Waals surface area contributed by atoms with Crippen molar-refractivity contribution in [1.29, 1.82) is 0 Å². The molecule has 1 atom stereocenters. The van der Waals surface area contributed by atoms with Gasteiger partial charge >= 0.3 is 0 Å². The van der Waals surface area contributed by atoms with Gasteiger partial charge in [0, 0.05) is 23.0 Å². The van der Waals surface area contributed by atoms with Gasteiger partial charge in [-0.15, -0.1) is 5.10 Å². The van der Waals surface area contributed by atoms with Crippen LogP contribution < -0.4 is 15.0 Å². The molecule has 5 aromatic rings. The minimum atomic E-state index is -0.616. The second-order valence-corrected chi connectivity index (χ2v) is 10.6. The molecule has 0 spiro atoms. The quantitative estimate of drug-likeness (QED) is 0.261. The molecule has 208 valence electrons. The molecule has 0 unspecified atom stereocenters. The molecule has 0 amide bonds. The summed E-state index contributed by atoms with van der Waals surface area (Å²) in [4.78, 5) is 19.0. The fraction of sp³-hybridized carbons (Fsp3) is 0.333. The largest absolute Gasteiger partial charge is 0.497 e. The number of nitrogens with zero attached hydrogens (tertiary/aromatic N) is 5. The Bertz CT molecular complexity index is 1630. The number of nitrogens with one attached hydrogen (secondary N) is 1. The van der Waals surface area contributed by atoms with Gasteiger partial charge in [0.25, 0.3) is 5.56 Å². The molecule has 3 aromatic heterocycles. The van der Waals surface area contributed by atoms with Crippen molar-refractivity contribution in [2.75, 3.05) is 13.7 Å². The van der Waals surface area contributed by atoms with E-state index in [9.17, 15) is 4.79 Å². The topological polar surface area (TPSA) is 111 Å².